The molecule has 0 atom stereocenters. The Morgan fingerprint density at radius 2 is 1.76 bits per heavy atom. The van der Waals surface area contributed by atoms with Gasteiger partial charge in [-0.2, -0.15) is 4.98 Å². The number of aromatic nitrogens is 2. The Hall–Kier alpha value is -3.82. The van der Waals surface area contributed by atoms with Gasteiger partial charge in [-0.15, -0.1) is 0 Å². The second-order valence-corrected chi connectivity index (χ2v) is 4.93. The van der Waals surface area contributed by atoms with Gasteiger partial charge in [0.1, 0.15) is 5.75 Å². The van der Waals surface area contributed by atoms with Crippen molar-refractivity contribution in [2.45, 2.75) is 6.92 Å². The number of non-ortho nitro benzene ring substituents is 1. The van der Waals surface area contributed by atoms with Crippen LogP contribution < -0.4 is 4.74 Å². The summed E-state index contributed by atoms with van der Waals surface area (Å²) in [5.41, 5.74) is -0.198. The van der Waals surface area contributed by atoms with E-state index in [2.05, 4.69) is 10.1 Å². The highest BCUT2D eigenvalue weighted by molar-refractivity contribution is 5.57. The SMILES string of the molecule is Cc1nc(-c2ccc(Oc3ccc([N+](=O)[O-])cc3[N+](=O)[O-])cc2)no1. The van der Waals surface area contributed by atoms with Gasteiger partial charge < -0.3 is 9.26 Å². The fourth-order valence-electron chi connectivity index (χ4n) is 2.06. The van der Waals surface area contributed by atoms with Crippen molar-refractivity contribution in [1.82, 2.24) is 10.1 Å². The molecule has 0 spiro atoms. The van der Waals surface area contributed by atoms with E-state index in [1.807, 2.05) is 0 Å². The quantitative estimate of drug-likeness (QED) is 0.506. The zero-order chi connectivity index (χ0) is 18.0. The van der Waals surface area contributed by atoms with E-state index in [4.69, 9.17) is 9.26 Å². The van der Waals surface area contributed by atoms with Crippen LogP contribution in [0.1, 0.15) is 5.89 Å². The molecule has 3 aromatic rings. The summed E-state index contributed by atoms with van der Waals surface area (Å²) in [5.74, 6) is 1.06. The minimum atomic E-state index is -0.737. The molecule has 3 rings (SSSR count). The van der Waals surface area contributed by atoms with Crippen molar-refractivity contribution in [1.29, 1.82) is 0 Å². The van der Waals surface area contributed by atoms with Crippen LogP contribution in [0.2, 0.25) is 0 Å². The molecule has 0 fully saturated rings. The van der Waals surface area contributed by atoms with Gasteiger partial charge >= 0.3 is 5.69 Å². The molecule has 0 aliphatic rings. The number of hydrogen-bond donors (Lipinski definition) is 0. The van der Waals surface area contributed by atoms with Crippen LogP contribution in [0, 0.1) is 27.2 Å². The average Bonchev–Trinajstić information content (AvgIpc) is 3.02. The van der Waals surface area contributed by atoms with Gasteiger partial charge in [0.25, 0.3) is 5.69 Å². The molecule has 0 radical (unpaired) electrons. The van der Waals surface area contributed by atoms with E-state index >= 15 is 0 Å². The zero-order valence-electron chi connectivity index (χ0n) is 12.8. The number of nitro groups is 2. The van der Waals surface area contributed by atoms with E-state index in [0.29, 0.717) is 23.0 Å². The van der Waals surface area contributed by atoms with Crippen LogP contribution in [0.4, 0.5) is 11.4 Å². The highest BCUT2D eigenvalue weighted by Crippen LogP contribution is 2.34. The first-order valence-electron chi connectivity index (χ1n) is 6.95. The Balaban J connectivity index is 1.87. The molecule has 0 saturated heterocycles. The molecule has 0 amide bonds. The van der Waals surface area contributed by atoms with Crippen LogP contribution in [0.5, 0.6) is 11.5 Å². The Bertz CT molecular complexity index is 951. The molecular formula is C15H10N4O6. The standard InChI is InChI=1S/C15H10N4O6/c1-9-16-15(17-25-9)10-2-5-12(6-3-10)24-14-7-4-11(18(20)21)8-13(14)19(22)23/h2-8H,1H3. The average molecular weight is 342 g/mol. The molecule has 126 valence electrons. The smallest absolute Gasteiger partial charge is 0.318 e. The molecule has 0 aliphatic carbocycles. The number of ether oxygens (including phenoxy) is 1. The molecule has 2 aromatic carbocycles. The number of hydrogen-bond acceptors (Lipinski definition) is 8. The third-order valence-corrected chi connectivity index (χ3v) is 3.22. The summed E-state index contributed by atoms with van der Waals surface area (Å²) in [4.78, 5) is 24.5. The van der Waals surface area contributed by atoms with E-state index in [1.165, 1.54) is 6.07 Å². The van der Waals surface area contributed by atoms with E-state index in [-0.39, 0.29) is 11.4 Å². The molecule has 0 saturated carbocycles. The van der Waals surface area contributed by atoms with E-state index in [1.54, 1.807) is 31.2 Å². The lowest BCUT2D eigenvalue weighted by molar-refractivity contribution is -0.394. The minimum absolute atomic E-state index is 0.0984. The molecule has 25 heavy (non-hydrogen) atoms. The number of benzene rings is 2. The number of rotatable bonds is 5. The molecular weight excluding hydrogens is 332 g/mol. The maximum absolute atomic E-state index is 11.1. The van der Waals surface area contributed by atoms with Gasteiger partial charge in [0.15, 0.2) is 0 Å². The van der Waals surface area contributed by atoms with Crippen LogP contribution in [0.15, 0.2) is 47.0 Å². The lowest BCUT2D eigenvalue weighted by atomic mass is 10.2. The maximum atomic E-state index is 11.1. The zero-order valence-corrected chi connectivity index (χ0v) is 12.8. The van der Waals surface area contributed by atoms with Gasteiger partial charge in [-0.3, -0.25) is 20.2 Å². The second kappa shape index (κ2) is 6.35. The molecule has 1 heterocycles. The molecule has 1 aromatic heterocycles. The Morgan fingerprint density at radius 1 is 1.04 bits per heavy atom. The van der Waals surface area contributed by atoms with Crippen LogP contribution in [-0.4, -0.2) is 20.0 Å². The first-order valence-corrected chi connectivity index (χ1v) is 6.95. The van der Waals surface area contributed by atoms with Crippen molar-refractivity contribution < 1.29 is 19.1 Å². The van der Waals surface area contributed by atoms with Crippen molar-refractivity contribution in [2.24, 2.45) is 0 Å². The minimum Gasteiger partial charge on any atom is -0.450 e. The monoisotopic (exact) mass is 342 g/mol. The molecule has 10 heteroatoms. The predicted octanol–water partition coefficient (Wildman–Crippen LogP) is 3.65. The Labute approximate surface area is 140 Å². The van der Waals surface area contributed by atoms with Crippen LogP contribution >= 0.6 is 0 Å². The van der Waals surface area contributed by atoms with Gasteiger partial charge in [-0.25, -0.2) is 0 Å². The van der Waals surface area contributed by atoms with Crippen molar-refractivity contribution in [2.75, 3.05) is 0 Å². The van der Waals surface area contributed by atoms with Gasteiger partial charge in [-0.05, 0) is 30.3 Å². The van der Waals surface area contributed by atoms with E-state index < -0.39 is 15.5 Å². The fourth-order valence-corrected chi connectivity index (χ4v) is 2.06. The highest BCUT2D eigenvalue weighted by atomic mass is 16.6. The van der Waals surface area contributed by atoms with E-state index in [0.717, 1.165) is 12.1 Å². The topological polar surface area (TPSA) is 134 Å². The summed E-state index contributed by atoms with van der Waals surface area (Å²) in [5, 5.41) is 25.6. The fraction of sp³-hybridized carbons (Fsp3) is 0.0667. The summed E-state index contributed by atoms with van der Waals surface area (Å²) >= 11 is 0. The summed E-state index contributed by atoms with van der Waals surface area (Å²) in [6.45, 7) is 1.67. The number of nitrogens with zero attached hydrogens (tertiary/aromatic N) is 4. The van der Waals surface area contributed by atoms with Gasteiger partial charge in [-0.1, -0.05) is 5.16 Å². The van der Waals surface area contributed by atoms with E-state index in [9.17, 15) is 20.2 Å². The molecule has 0 bridgehead atoms. The third-order valence-electron chi connectivity index (χ3n) is 3.22. The summed E-state index contributed by atoms with van der Waals surface area (Å²) < 4.78 is 10.4. The van der Waals surface area contributed by atoms with Crippen molar-refractivity contribution >= 4 is 11.4 Å². The van der Waals surface area contributed by atoms with Crippen molar-refractivity contribution in [3.8, 4) is 22.9 Å². The lowest BCUT2D eigenvalue weighted by Gasteiger charge is -2.06. The molecule has 0 unspecified atom stereocenters. The molecule has 0 aliphatic heterocycles. The largest absolute Gasteiger partial charge is 0.450 e. The third kappa shape index (κ3) is 3.42. The highest BCUT2D eigenvalue weighted by Gasteiger charge is 2.21. The Morgan fingerprint density at radius 3 is 2.32 bits per heavy atom. The maximum Gasteiger partial charge on any atom is 0.318 e. The summed E-state index contributed by atoms with van der Waals surface area (Å²) in [6, 6.07) is 9.66. The van der Waals surface area contributed by atoms with Crippen molar-refractivity contribution in [3.63, 3.8) is 0 Å². The van der Waals surface area contributed by atoms with Gasteiger partial charge in [0.2, 0.25) is 17.5 Å². The van der Waals surface area contributed by atoms with Crippen LogP contribution in [-0.2, 0) is 0 Å². The van der Waals surface area contributed by atoms with Gasteiger partial charge in [0.05, 0.1) is 15.9 Å². The summed E-state index contributed by atoms with van der Waals surface area (Å²) in [6.07, 6.45) is 0. The first kappa shape index (κ1) is 16.1. The number of nitro benzene ring substituents is 2. The summed E-state index contributed by atoms with van der Waals surface area (Å²) in [7, 11) is 0. The Kier molecular flexibility index (Phi) is 4.08. The lowest BCUT2D eigenvalue weighted by Crippen LogP contribution is -1.96. The van der Waals surface area contributed by atoms with Crippen LogP contribution in [0.3, 0.4) is 0 Å². The predicted molar refractivity (Wildman–Crippen MR) is 84.3 cm³/mol. The van der Waals surface area contributed by atoms with Crippen molar-refractivity contribution in [3.05, 3.63) is 68.6 Å². The second-order valence-electron chi connectivity index (χ2n) is 4.93. The first-order chi connectivity index (χ1) is 11.9. The van der Waals surface area contributed by atoms with Crippen LogP contribution in [0.25, 0.3) is 11.4 Å². The number of aryl methyl sites for hydroxylation is 1. The van der Waals surface area contributed by atoms with Gasteiger partial charge in [0, 0.05) is 18.6 Å². The normalized spacial score (nSPS) is 10.4. The molecule has 10 nitrogen and oxygen atoms in total. The molecule has 0 N–H and O–H groups in total.